The lowest BCUT2D eigenvalue weighted by molar-refractivity contribution is -0.118. The number of nitriles is 1. The average Bonchev–Trinajstić information content (AvgIpc) is 2.79. The van der Waals surface area contributed by atoms with E-state index in [1.807, 2.05) is 36.4 Å². The summed E-state index contributed by atoms with van der Waals surface area (Å²) in [6, 6.07) is 13.8. The highest BCUT2D eigenvalue weighted by molar-refractivity contribution is 14.1. The number of halogens is 2. The summed E-state index contributed by atoms with van der Waals surface area (Å²) in [6.07, 6.45) is 5.97. The second kappa shape index (κ2) is 11.7. The predicted octanol–water partition coefficient (Wildman–Crippen LogP) is 6.24. The van der Waals surface area contributed by atoms with Gasteiger partial charge in [-0.3, -0.25) is 4.79 Å². The molecule has 3 rings (SSSR count). The van der Waals surface area contributed by atoms with Gasteiger partial charge in [0.05, 0.1) is 10.7 Å². The number of nitrogens with zero attached hydrogens (tertiary/aromatic N) is 1. The molecule has 7 heteroatoms. The Bertz CT molecular complexity index is 1030. The SMILES string of the molecule is COc1cc(/C=C(\C#N)C(=O)N[C@H]2CCCC[C@@H]2C)cc(I)c1OCc1ccc(Br)cc1. The molecule has 2 aromatic carbocycles. The van der Waals surface area contributed by atoms with Crippen LogP contribution in [-0.2, 0) is 11.4 Å². The summed E-state index contributed by atoms with van der Waals surface area (Å²) >= 11 is 5.61. The van der Waals surface area contributed by atoms with Crippen LogP contribution in [0.4, 0.5) is 0 Å². The summed E-state index contributed by atoms with van der Waals surface area (Å²) < 4.78 is 13.4. The molecule has 0 unspecified atom stereocenters. The Morgan fingerprint density at radius 2 is 2.00 bits per heavy atom. The molecule has 0 radical (unpaired) electrons. The van der Waals surface area contributed by atoms with Crippen LogP contribution in [0.3, 0.4) is 0 Å². The van der Waals surface area contributed by atoms with Gasteiger partial charge in [-0.15, -0.1) is 0 Å². The molecule has 1 aliphatic rings. The number of nitrogens with one attached hydrogen (secondary N) is 1. The van der Waals surface area contributed by atoms with Gasteiger partial charge < -0.3 is 14.8 Å². The van der Waals surface area contributed by atoms with Crippen LogP contribution in [0.1, 0.15) is 43.7 Å². The van der Waals surface area contributed by atoms with Crippen LogP contribution in [0.15, 0.2) is 46.4 Å². The minimum Gasteiger partial charge on any atom is -0.493 e. The van der Waals surface area contributed by atoms with E-state index in [0.717, 1.165) is 32.9 Å². The van der Waals surface area contributed by atoms with E-state index < -0.39 is 0 Å². The molecular weight excluding hydrogens is 583 g/mol. The van der Waals surface area contributed by atoms with Gasteiger partial charge in [-0.25, -0.2) is 0 Å². The maximum atomic E-state index is 12.7. The molecule has 0 heterocycles. The fourth-order valence-electron chi connectivity index (χ4n) is 3.79. The van der Waals surface area contributed by atoms with Crippen molar-refractivity contribution < 1.29 is 14.3 Å². The summed E-state index contributed by atoms with van der Waals surface area (Å²) in [7, 11) is 1.58. The van der Waals surface area contributed by atoms with E-state index >= 15 is 0 Å². The van der Waals surface area contributed by atoms with Crippen molar-refractivity contribution in [2.45, 2.75) is 45.3 Å². The second-order valence-corrected chi connectivity index (χ2v) is 10.0. The van der Waals surface area contributed by atoms with E-state index in [1.165, 1.54) is 6.42 Å². The van der Waals surface area contributed by atoms with Crippen LogP contribution in [-0.4, -0.2) is 19.1 Å². The van der Waals surface area contributed by atoms with E-state index in [1.54, 1.807) is 19.3 Å². The number of ether oxygens (including phenoxy) is 2. The molecule has 2 aromatic rings. The average molecular weight is 609 g/mol. The topological polar surface area (TPSA) is 71.3 Å². The van der Waals surface area contributed by atoms with Gasteiger partial charge in [-0.2, -0.15) is 5.26 Å². The molecule has 0 spiro atoms. The summed E-state index contributed by atoms with van der Waals surface area (Å²) in [4.78, 5) is 12.7. The highest BCUT2D eigenvalue weighted by atomic mass is 127. The van der Waals surface area contributed by atoms with Gasteiger partial charge in [0.1, 0.15) is 18.2 Å². The first kappa shape index (κ1) is 24.6. The smallest absolute Gasteiger partial charge is 0.262 e. The largest absolute Gasteiger partial charge is 0.493 e. The van der Waals surface area contributed by atoms with E-state index in [0.29, 0.717) is 29.6 Å². The van der Waals surface area contributed by atoms with Crippen molar-refractivity contribution in [3.8, 4) is 17.6 Å². The standard InChI is InChI=1S/C25H26BrIN2O3/c1-16-5-3-4-6-22(16)29-25(30)19(14-28)11-18-12-21(27)24(23(13-18)31-2)32-15-17-7-9-20(26)10-8-17/h7-13,16,22H,3-6,15H2,1-2H3,(H,29,30)/b19-11+/t16-,22-/m0/s1. The zero-order valence-electron chi connectivity index (χ0n) is 18.2. The number of amides is 1. The molecule has 1 amide bonds. The summed E-state index contributed by atoms with van der Waals surface area (Å²) in [6.45, 7) is 2.56. The van der Waals surface area contributed by atoms with Gasteiger partial charge in [-0.1, -0.05) is 47.8 Å². The van der Waals surface area contributed by atoms with Crippen LogP contribution < -0.4 is 14.8 Å². The van der Waals surface area contributed by atoms with Crippen molar-refractivity contribution in [3.05, 3.63) is 61.1 Å². The number of benzene rings is 2. The first-order valence-electron chi connectivity index (χ1n) is 10.6. The van der Waals surface area contributed by atoms with Crippen LogP contribution in [0.2, 0.25) is 0 Å². The molecule has 2 atom stereocenters. The van der Waals surface area contributed by atoms with Crippen LogP contribution >= 0.6 is 38.5 Å². The van der Waals surface area contributed by atoms with Crippen molar-refractivity contribution in [3.63, 3.8) is 0 Å². The van der Waals surface area contributed by atoms with E-state index in [4.69, 9.17) is 9.47 Å². The summed E-state index contributed by atoms with van der Waals surface area (Å²) in [5.74, 6) is 1.29. The van der Waals surface area contributed by atoms with Gasteiger partial charge >= 0.3 is 0 Å². The summed E-state index contributed by atoms with van der Waals surface area (Å²) in [5, 5.41) is 12.6. The van der Waals surface area contributed by atoms with Crippen molar-refractivity contribution in [1.29, 1.82) is 5.26 Å². The van der Waals surface area contributed by atoms with Gasteiger partial charge in [0, 0.05) is 10.5 Å². The Kier molecular flexibility index (Phi) is 9.00. The van der Waals surface area contributed by atoms with Gasteiger partial charge in [-0.05, 0) is 82.8 Å². The molecule has 1 saturated carbocycles. The van der Waals surface area contributed by atoms with Crippen molar-refractivity contribution in [2.24, 2.45) is 5.92 Å². The molecule has 0 bridgehead atoms. The highest BCUT2D eigenvalue weighted by Gasteiger charge is 2.24. The number of hydrogen-bond acceptors (Lipinski definition) is 4. The number of carbonyl (C=O) groups excluding carboxylic acids is 1. The zero-order valence-corrected chi connectivity index (χ0v) is 21.9. The van der Waals surface area contributed by atoms with Crippen molar-refractivity contribution >= 4 is 50.5 Å². The number of carbonyl (C=O) groups is 1. The monoisotopic (exact) mass is 608 g/mol. The van der Waals surface area contributed by atoms with E-state index in [2.05, 4.69) is 50.8 Å². The predicted molar refractivity (Wildman–Crippen MR) is 137 cm³/mol. The molecule has 5 nitrogen and oxygen atoms in total. The highest BCUT2D eigenvalue weighted by Crippen LogP contribution is 2.35. The van der Waals surface area contributed by atoms with Crippen LogP contribution in [0, 0.1) is 20.8 Å². The summed E-state index contributed by atoms with van der Waals surface area (Å²) in [5.41, 5.74) is 1.84. The van der Waals surface area contributed by atoms with Gasteiger partial charge in [0.15, 0.2) is 11.5 Å². The molecule has 1 N–H and O–H groups in total. The third-order valence-corrected chi connectivity index (χ3v) is 6.98. The number of hydrogen-bond donors (Lipinski definition) is 1. The first-order chi connectivity index (χ1) is 15.4. The first-order valence-corrected chi connectivity index (χ1v) is 12.5. The lowest BCUT2D eigenvalue weighted by atomic mass is 9.86. The minimum absolute atomic E-state index is 0.0872. The van der Waals surface area contributed by atoms with E-state index in [9.17, 15) is 10.1 Å². The van der Waals surface area contributed by atoms with E-state index in [-0.39, 0.29) is 17.5 Å². The fourth-order valence-corrected chi connectivity index (χ4v) is 4.84. The molecular formula is C25H26BrIN2O3. The third-order valence-electron chi connectivity index (χ3n) is 5.65. The Balaban J connectivity index is 1.77. The molecule has 0 aliphatic heterocycles. The van der Waals surface area contributed by atoms with Gasteiger partial charge in [0.2, 0.25) is 0 Å². The maximum Gasteiger partial charge on any atom is 0.262 e. The lowest BCUT2D eigenvalue weighted by Gasteiger charge is -2.29. The Labute approximate surface area is 211 Å². The number of rotatable bonds is 7. The second-order valence-electron chi connectivity index (χ2n) is 7.96. The quantitative estimate of drug-likeness (QED) is 0.229. The minimum atomic E-state index is -0.323. The lowest BCUT2D eigenvalue weighted by Crippen LogP contribution is -2.41. The van der Waals surface area contributed by atoms with Crippen molar-refractivity contribution in [2.75, 3.05) is 7.11 Å². The van der Waals surface area contributed by atoms with Crippen LogP contribution in [0.25, 0.3) is 6.08 Å². The third kappa shape index (κ3) is 6.48. The Morgan fingerprint density at radius 3 is 2.66 bits per heavy atom. The van der Waals surface area contributed by atoms with Crippen LogP contribution in [0.5, 0.6) is 11.5 Å². The molecule has 0 saturated heterocycles. The Morgan fingerprint density at radius 1 is 1.28 bits per heavy atom. The normalized spacial score (nSPS) is 18.5. The molecule has 168 valence electrons. The molecule has 1 aliphatic carbocycles. The fraction of sp³-hybridized carbons (Fsp3) is 0.360. The van der Waals surface area contributed by atoms with Crippen molar-refractivity contribution in [1.82, 2.24) is 5.32 Å². The van der Waals surface area contributed by atoms with Gasteiger partial charge in [0.25, 0.3) is 5.91 Å². The zero-order chi connectivity index (χ0) is 23.1. The molecule has 1 fully saturated rings. The number of methoxy groups -OCH3 is 1. The Hall–Kier alpha value is -2.05. The molecule has 32 heavy (non-hydrogen) atoms. The maximum absolute atomic E-state index is 12.7. The molecule has 0 aromatic heterocycles.